The molecule has 1 fully saturated rings. The summed E-state index contributed by atoms with van der Waals surface area (Å²) in [6.45, 7) is 3.40. The van der Waals surface area contributed by atoms with Crippen LogP contribution in [0.3, 0.4) is 0 Å². The Bertz CT molecular complexity index is 212. The molecule has 0 aromatic rings. The lowest BCUT2D eigenvalue weighted by molar-refractivity contribution is -0.165. The number of carbonyl (C=O) groups excluding carboxylic acids is 1. The monoisotopic (exact) mass is 204 g/mol. The molecule has 1 amide bonds. The number of nitrogens with zero attached hydrogens (tertiary/aromatic N) is 2. The van der Waals surface area contributed by atoms with E-state index >= 15 is 0 Å². The lowest BCUT2D eigenvalue weighted by Crippen LogP contribution is -2.60. The zero-order valence-corrected chi connectivity index (χ0v) is 8.38. The van der Waals surface area contributed by atoms with Crippen LogP contribution in [0.25, 0.3) is 0 Å². The number of ether oxygens (including phenoxy) is 1. The smallest absolute Gasteiger partial charge is 0.411 e. The standard InChI is InChI=1S/C8H16N2O4/c1-3-9-4-5-10(8(13)14-2)7(12)6(9)11/h6-7,11-12H,3-5H2,1-2H3. The van der Waals surface area contributed by atoms with E-state index in [9.17, 15) is 15.0 Å². The van der Waals surface area contributed by atoms with Crippen LogP contribution >= 0.6 is 0 Å². The number of aliphatic hydroxyl groups is 2. The molecule has 0 aromatic heterocycles. The number of rotatable bonds is 1. The summed E-state index contributed by atoms with van der Waals surface area (Å²) in [7, 11) is 1.24. The van der Waals surface area contributed by atoms with Crippen molar-refractivity contribution in [2.75, 3.05) is 26.7 Å². The molecule has 1 rings (SSSR count). The quantitative estimate of drug-likeness (QED) is 0.574. The van der Waals surface area contributed by atoms with Gasteiger partial charge in [-0.3, -0.25) is 9.80 Å². The van der Waals surface area contributed by atoms with Gasteiger partial charge in [0.2, 0.25) is 0 Å². The average molecular weight is 204 g/mol. The number of piperazine rings is 1. The first-order chi connectivity index (χ1) is 6.61. The van der Waals surface area contributed by atoms with Crippen LogP contribution in [0.15, 0.2) is 0 Å². The number of hydrogen-bond donors (Lipinski definition) is 2. The largest absolute Gasteiger partial charge is 0.453 e. The minimum Gasteiger partial charge on any atom is -0.453 e. The molecule has 0 radical (unpaired) electrons. The molecule has 0 aromatic carbocycles. The number of carbonyl (C=O) groups is 1. The molecular weight excluding hydrogens is 188 g/mol. The zero-order valence-electron chi connectivity index (χ0n) is 8.38. The number of amides is 1. The second-order valence-electron chi connectivity index (χ2n) is 3.12. The first-order valence-corrected chi connectivity index (χ1v) is 4.56. The molecule has 6 heteroatoms. The number of likely N-dealkylation sites (N-methyl/N-ethyl adjacent to an activating group) is 1. The Morgan fingerprint density at radius 1 is 1.43 bits per heavy atom. The highest BCUT2D eigenvalue weighted by atomic mass is 16.5. The molecule has 2 N–H and O–H groups in total. The number of methoxy groups -OCH3 is 1. The minimum absolute atomic E-state index is 0.360. The summed E-state index contributed by atoms with van der Waals surface area (Å²) in [6.07, 6.45) is -2.86. The first kappa shape index (κ1) is 11.2. The zero-order chi connectivity index (χ0) is 10.7. The molecule has 6 nitrogen and oxygen atoms in total. The van der Waals surface area contributed by atoms with E-state index in [0.29, 0.717) is 19.6 Å². The van der Waals surface area contributed by atoms with Crippen LogP contribution in [0, 0.1) is 0 Å². The molecule has 14 heavy (non-hydrogen) atoms. The van der Waals surface area contributed by atoms with Gasteiger partial charge in [-0.2, -0.15) is 0 Å². The molecule has 82 valence electrons. The van der Waals surface area contributed by atoms with Gasteiger partial charge in [-0.05, 0) is 6.54 Å². The van der Waals surface area contributed by atoms with Crippen LogP contribution in [0.5, 0.6) is 0 Å². The predicted octanol–water partition coefficient (Wildman–Crippen LogP) is -0.973. The maximum absolute atomic E-state index is 11.1. The Kier molecular flexibility index (Phi) is 3.68. The van der Waals surface area contributed by atoms with Gasteiger partial charge in [-0.25, -0.2) is 4.79 Å². The van der Waals surface area contributed by atoms with Crippen molar-refractivity contribution < 1.29 is 19.7 Å². The molecule has 0 saturated carbocycles. The Hall–Kier alpha value is -0.850. The van der Waals surface area contributed by atoms with Gasteiger partial charge in [0.05, 0.1) is 7.11 Å². The molecule has 0 spiro atoms. The van der Waals surface area contributed by atoms with Gasteiger partial charge < -0.3 is 14.9 Å². The minimum atomic E-state index is -1.21. The summed E-state index contributed by atoms with van der Waals surface area (Å²) >= 11 is 0. The Morgan fingerprint density at radius 3 is 2.57 bits per heavy atom. The fourth-order valence-corrected chi connectivity index (χ4v) is 1.51. The summed E-state index contributed by atoms with van der Waals surface area (Å²) < 4.78 is 4.47. The average Bonchev–Trinajstić information content (AvgIpc) is 2.21. The maximum Gasteiger partial charge on any atom is 0.411 e. The van der Waals surface area contributed by atoms with Crippen LogP contribution in [-0.4, -0.2) is 65.3 Å². The van der Waals surface area contributed by atoms with Crippen molar-refractivity contribution in [3.05, 3.63) is 0 Å². The van der Waals surface area contributed by atoms with E-state index in [4.69, 9.17) is 0 Å². The lowest BCUT2D eigenvalue weighted by atomic mass is 10.2. The summed E-state index contributed by atoms with van der Waals surface area (Å²) in [6, 6.07) is 0. The Balaban J connectivity index is 2.63. The van der Waals surface area contributed by atoms with Gasteiger partial charge in [0.25, 0.3) is 0 Å². The van der Waals surface area contributed by atoms with Crippen molar-refractivity contribution in [3.8, 4) is 0 Å². The van der Waals surface area contributed by atoms with Crippen molar-refractivity contribution in [2.24, 2.45) is 0 Å². The van der Waals surface area contributed by atoms with Crippen molar-refractivity contribution in [3.63, 3.8) is 0 Å². The second kappa shape index (κ2) is 4.59. The Morgan fingerprint density at radius 2 is 2.07 bits per heavy atom. The van der Waals surface area contributed by atoms with E-state index in [1.165, 1.54) is 7.11 Å². The van der Waals surface area contributed by atoms with E-state index < -0.39 is 18.5 Å². The van der Waals surface area contributed by atoms with Crippen molar-refractivity contribution in [1.29, 1.82) is 0 Å². The third-order valence-corrected chi connectivity index (χ3v) is 2.40. The summed E-state index contributed by atoms with van der Waals surface area (Å²) in [5.41, 5.74) is 0. The molecule has 1 aliphatic heterocycles. The van der Waals surface area contributed by atoms with Crippen LogP contribution in [0.4, 0.5) is 4.79 Å². The highest BCUT2D eigenvalue weighted by molar-refractivity contribution is 5.67. The van der Waals surface area contributed by atoms with Crippen LogP contribution in [0.2, 0.25) is 0 Å². The molecular formula is C8H16N2O4. The maximum atomic E-state index is 11.1. The third-order valence-electron chi connectivity index (χ3n) is 2.40. The van der Waals surface area contributed by atoms with Gasteiger partial charge in [0.1, 0.15) is 0 Å². The summed E-state index contributed by atoms with van der Waals surface area (Å²) in [5, 5.41) is 19.2. The predicted molar refractivity (Wildman–Crippen MR) is 48.4 cm³/mol. The normalized spacial score (nSPS) is 29.0. The second-order valence-corrected chi connectivity index (χ2v) is 3.12. The summed E-state index contributed by atoms with van der Waals surface area (Å²) in [5.74, 6) is 0. The molecule has 2 atom stereocenters. The third kappa shape index (κ3) is 1.97. The highest BCUT2D eigenvalue weighted by Gasteiger charge is 2.36. The fraction of sp³-hybridized carbons (Fsp3) is 0.875. The molecule has 1 heterocycles. The molecule has 0 bridgehead atoms. The SMILES string of the molecule is CCN1CCN(C(=O)OC)C(O)C1O. The lowest BCUT2D eigenvalue weighted by Gasteiger charge is -2.41. The molecule has 1 aliphatic rings. The van der Waals surface area contributed by atoms with E-state index in [-0.39, 0.29) is 0 Å². The van der Waals surface area contributed by atoms with Gasteiger partial charge >= 0.3 is 6.09 Å². The number of aliphatic hydroxyl groups excluding tert-OH is 2. The van der Waals surface area contributed by atoms with Crippen molar-refractivity contribution in [1.82, 2.24) is 9.80 Å². The van der Waals surface area contributed by atoms with Gasteiger partial charge in [-0.1, -0.05) is 6.92 Å². The van der Waals surface area contributed by atoms with Crippen molar-refractivity contribution >= 4 is 6.09 Å². The van der Waals surface area contributed by atoms with Crippen molar-refractivity contribution in [2.45, 2.75) is 19.4 Å². The highest BCUT2D eigenvalue weighted by Crippen LogP contribution is 2.13. The van der Waals surface area contributed by atoms with E-state index in [2.05, 4.69) is 4.74 Å². The number of hydrogen-bond acceptors (Lipinski definition) is 5. The van der Waals surface area contributed by atoms with Gasteiger partial charge in [-0.15, -0.1) is 0 Å². The Labute approximate surface area is 82.7 Å². The van der Waals surface area contributed by atoms with Gasteiger partial charge in [0.15, 0.2) is 12.5 Å². The van der Waals surface area contributed by atoms with E-state index in [1.54, 1.807) is 4.90 Å². The van der Waals surface area contributed by atoms with Crippen LogP contribution in [-0.2, 0) is 4.74 Å². The van der Waals surface area contributed by atoms with E-state index in [0.717, 1.165) is 4.90 Å². The summed E-state index contributed by atoms with van der Waals surface area (Å²) in [4.78, 5) is 13.9. The van der Waals surface area contributed by atoms with Crippen LogP contribution in [0.1, 0.15) is 6.92 Å². The van der Waals surface area contributed by atoms with Gasteiger partial charge in [0, 0.05) is 13.1 Å². The topological polar surface area (TPSA) is 73.2 Å². The molecule has 2 unspecified atom stereocenters. The molecule has 1 saturated heterocycles. The first-order valence-electron chi connectivity index (χ1n) is 4.56. The van der Waals surface area contributed by atoms with Crippen LogP contribution < -0.4 is 0 Å². The fourth-order valence-electron chi connectivity index (χ4n) is 1.51. The molecule has 0 aliphatic carbocycles. The van der Waals surface area contributed by atoms with E-state index in [1.807, 2.05) is 6.92 Å².